The molecular weight excluding hydrogens is 534 g/mol. The molecular formula is C33H39N3O4S. The summed E-state index contributed by atoms with van der Waals surface area (Å²) in [6.07, 6.45) is 2.83. The minimum atomic E-state index is -0.107. The molecule has 4 aromatic rings. The van der Waals surface area contributed by atoms with Crippen molar-refractivity contribution in [3.05, 3.63) is 106 Å². The Kier molecular flexibility index (Phi) is 11.6. The zero-order valence-electron chi connectivity index (χ0n) is 24.1. The van der Waals surface area contributed by atoms with Crippen LogP contribution >= 0.6 is 11.3 Å². The maximum atomic E-state index is 12.5. The zero-order valence-corrected chi connectivity index (χ0v) is 24.9. The molecule has 0 bridgehead atoms. The first-order valence-corrected chi connectivity index (χ1v) is 14.9. The van der Waals surface area contributed by atoms with Gasteiger partial charge in [0.2, 0.25) is 0 Å². The second kappa shape index (κ2) is 15.8. The molecule has 0 fully saturated rings. The summed E-state index contributed by atoms with van der Waals surface area (Å²) < 4.78 is 16.9. The maximum Gasteiger partial charge on any atom is 0.270 e. The number of benzene rings is 3. The summed E-state index contributed by atoms with van der Waals surface area (Å²) in [7, 11) is 3.29. The average molecular weight is 574 g/mol. The van der Waals surface area contributed by atoms with Crippen molar-refractivity contribution in [2.45, 2.75) is 45.9 Å². The van der Waals surface area contributed by atoms with Crippen LogP contribution in [0.2, 0.25) is 0 Å². The number of thiazole rings is 1. The first-order valence-electron chi connectivity index (χ1n) is 14.0. The van der Waals surface area contributed by atoms with Gasteiger partial charge >= 0.3 is 0 Å². The van der Waals surface area contributed by atoms with Crippen LogP contribution in [0.15, 0.2) is 78.2 Å². The predicted octanol–water partition coefficient (Wildman–Crippen LogP) is 6.51. The molecule has 3 aromatic carbocycles. The number of nitrogens with zero attached hydrogens (tertiary/aromatic N) is 2. The van der Waals surface area contributed by atoms with Crippen LogP contribution in [0.25, 0.3) is 0 Å². The van der Waals surface area contributed by atoms with E-state index in [0.29, 0.717) is 25.4 Å². The number of aromatic nitrogens is 1. The quantitative estimate of drug-likeness (QED) is 0.154. The molecule has 0 aliphatic rings. The molecule has 0 radical (unpaired) electrons. The highest BCUT2D eigenvalue weighted by Crippen LogP contribution is 2.28. The summed E-state index contributed by atoms with van der Waals surface area (Å²) in [5.41, 5.74) is 3.96. The Morgan fingerprint density at radius 1 is 0.902 bits per heavy atom. The fraction of sp³-hybridized carbons (Fsp3) is 0.333. The normalized spacial score (nSPS) is 10.9. The van der Waals surface area contributed by atoms with Crippen molar-refractivity contribution < 1.29 is 19.0 Å². The van der Waals surface area contributed by atoms with Crippen molar-refractivity contribution in [3.63, 3.8) is 0 Å². The molecule has 41 heavy (non-hydrogen) atoms. The molecule has 0 atom stereocenters. The number of ether oxygens (including phenoxy) is 3. The highest BCUT2D eigenvalue weighted by Gasteiger charge is 2.15. The molecule has 4 rings (SSSR count). The molecule has 0 saturated carbocycles. The summed E-state index contributed by atoms with van der Waals surface area (Å²) in [4.78, 5) is 19.5. The number of methoxy groups -OCH3 is 2. The summed E-state index contributed by atoms with van der Waals surface area (Å²) in [6, 6.07) is 24.5. The molecule has 0 saturated heterocycles. The largest absolute Gasteiger partial charge is 0.493 e. The lowest BCUT2D eigenvalue weighted by Crippen LogP contribution is -2.26. The Morgan fingerprint density at radius 3 is 2.39 bits per heavy atom. The van der Waals surface area contributed by atoms with E-state index in [0.717, 1.165) is 65.7 Å². The van der Waals surface area contributed by atoms with Crippen molar-refractivity contribution in [1.82, 2.24) is 15.2 Å². The summed E-state index contributed by atoms with van der Waals surface area (Å²) in [5.74, 6) is 2.17. The fourth-order valence-corrected chi connectivity index (χ4v) is 5.19. The molecule has 216 valence electrons. The van der Waals surface area contributed by atoms with Gasteiger partial charge in [-0.15, -0.1) is 11.3 Å². The van der Waals surface area contributed by atoms with Crippen LogP contribution in [-0.2, 0) is 26.1 Å². The van der Waals surface area contributed by atoms with Gasteiger partial charge in [0.1, 0.15) is 23.1 Å². The smallest absolute Gasteiger partial charge is 0.270 e. The summed E-state index contributed by atoms with van der Waals surface area (Å²) >= 11 is 1.53. The van der Waals surface area contributed by atoms with E-state index in [9.17, 15) is 4.79 Å². The maximum absolute atomic E-state index is 12.5. The molecule has 0 spiro atoms. The van der Waals surface area contributed by atoms with Gasteiger partial charge in [-0.1, -0.05) is 61.9 Å². The molecule has 1 amide bonds. The zero-order chi connectivity index (χ0) is 28.9. The van der Waals surface area contributed by atoms with Gasteiger partial charge in [0.05, 0.1) is 20.8 Å². The third-order valence-electron chi connectivity index (χ3n) is 6.70. The predicted molar refractivity (Wildman–Crippen MR) is 164 cm³/mol. The van der Waals surface area contributed by atoms with Crippen LogP contribution in [0, 0.1) is 0 Å². The lowest BCUT2D eigenvalue weighted by Gasteiger charge is -2.22. The van der Waals surface area contributed by atoms with Crippen LogP contribution in [0.3, 0.4) is 0 Å². The number of amides is 1. The molecule has 1 aromatic heterocycles. The second-order valence-electron chi connectivity index (χ2n) is 9.80. The SMILES string of the molecule is CCCCNC(=O)c1csc(CN(CCc2ccc(OC)c(OC)c2)Cc2ccc(OCc3ccccc3)cc2)n1. The van der Waals surface area contributed by atoms with Gasteiger partial charge in [-0.3, -0.25) is 9.69 Å². The Labute approximate surface area is 247 Å². The Morgan fingerprint density at radius 2 is 1.66 bits per heavy atom. The highest BCUT2D eigenvalue weighted by molar-refractivity contribution is 7.09. The molecule has 0 aliphatic heterocycles. The third kappa shape index (κ3) is 9.33. The van der Waals surface area contributed by atoms with Crippen LogP contribution in [-0.4, -0.2) is 43.1 Å². The molecule has 1 N–H and O–H groups in total. The molecule has 1 heterocycles. The van der Waals surface area contributed by atoms with E-state index in [2.05, 4.69) is 52.5 Å². The number of carbonyl (C=O) groups excluding carboxylic acids is 1. The summed E-state index contributed by atoms with van der Waals surface area (Å²) in [5, 5.41) is 5.72. The van der Waals surface area contributed by atoms with Crippen molar-refractivity contribution in [1.29, 1.82) is 0 Å². The van der Waals surface area contributed by atoms with Gasteiger partial charge in [-0.2, -0.15) is 0 Å². The van der Waals surface area contributed by atoms with Gasteiger partial charge in [-0.25, -0.2) is 4.98 Å². The molecule has 0 unspecified atom stereocenters. The average Bonchev–Trinajstić information content (AvgIpc) is 3.48. The number of unbranched alkanes of at least 4 members (excludes halogenated alkanes) is 1. The Bertz CT molecular complexity index is 1360. The summed E-state index contributed by atoms with van der Waals surface area (Å²) in [6.45, 7) is 5.51. The molecule has 8 heteroatoms. The number of nitrogens with one attached hydrogen (secondary N) is 1. The van der Waals surface area contributed by atoms with Crippen LogP contribution < -0.4 is 19.5 Å². The van der Waals surface area contributed by atoms with E-state index in [1.165, 1.54) is 16.9 Å². The number of carbonyl (C=O) groups is 1. The van der Waals surface area contributed by atoms with Crippen molar-refractivity contribution >= 4 is 17.2 Å². The van der Waals surface area contributed by atoms with Gasteiger partial charge in [0.15, 0.2) is 11.5 Å². The van der Waals surface area contributed by atoms with E-state index in [1.54, 1.807) is 14.2 Å². The number of hydrogen-bond donors (Lipinski definition) is 1. The minimum Gasteiger partial charge on any atom is -0.493 e. The number of rotatable bonds is 16. The molecule has 0 aliphatic carbocycles. The lowest BCUT2D eigenvalue weighted by atomic mass is 10.1. The standard InChI is InChI=1S/C33H39N3O4S/c1-4-5-18-34-33(37)29-24-41-32(35-29)22-36(19-17-25-13-16-30(38-2)31(20-25)39-3)21-26-11-14-28(15-12-26)40-23-27-9-7-6-8-10-27/h6-16,20,24H,4-5,17-19,21-23H2,1-3H3,(H,34,37). The monoisotopic (exact) mass is 573 g/mol. The third-order valence-corrected chi connectivity index (χ3v) is 7.54. The van der Waals surface area contributed by atoms with Crippen molar-refractivity contribution in [3.8, 4) is 17.2 Å². The first kappa shape index (κ1) is 30.1. The van der Waals surface area contributed by atoms with E-state index in [1.807, 2.05) is 47.8 Å². The Hall–Kier alpha value is -3.88. The van der Waals surface area contributed by atoms with E-state index in [-0.39, 0.29) is 5.91 Å². The fourth-order valence-electron chi connectivity index (χ4n) is 4.38. The minimum absolute atomic E-state index is 0.107. The van der Waals surface area contributed by atoms with Gasteiger partial charge in [-0.05, 0) is 53.8 Å². The second-order valence-corrected chi connectivity index (χ2v) is 10.7. The van der Waals surface area contributed by atoms with Gasteiger partial charge in [0.25, 0.3) is 5.91 Å². The van der Waals surface area contributed by atoms with Crippen molar-refractivity contribution in [2.24, 2.45) is 0 Å². The Balaban J connectivity index is 1.43. The van der Waals surface area contributed by atoms with Gasteiger partial charge in [0, 0.05) is 25.0 Å². The topological polar surface area (TPSA) is 72.9 Å². The van der Waals surface area contributed by atoms with Gasteiger partial charge < -0.3 is 19.5 Å². The van der Waals surface area contributed by atoms with E-state index >= 15 is 0 Å². The molecule has 7 nitrogen and oxygen atoms in total. The highest BCUT2D eigenvalue weighted by atomic mass is 32.1. The van der Waals surface area contributed by atoms with Crippen LogP contribution in [0.4, 0.5) is 0 Å². The number of hydrogen-bond acceptors (Lipinski definition) is 7. The first-order chi connectivity index (χ1) is 20.1. The lowest BCUT2D eigenvalue weighted by molar-refractivity contribution is 0.0948. The van der Waals surface area contributed by atoms with Crippen LogP contribution in [0.1, 0.15) is 52.0 Å². The van der Waals surface area contributed by atoms with Crippen LogP contribution in [0.5, 0.6) is 17.2 Å². The van der Waals surface area contributed by atoms with Crippen molar-refractivity contribution in [2.75, 3.05) is 27.3 Å². The van der Waals surface area contributed by atoms with E-state index < -0.39 is 0 Å². The van der Waals surface area contributed by atoms with E-state index in [4.69, 9.17) is 14.2 Å².